The second-order valence-electron chi connectivity index (χ2n) is 10.4. The maximum absolute atomic E-state index is 12.1. The standard InChI is InChI=1S/C21H45N3O2/c1-15(2)24-18(25)17(22)13-20(7,8)11-12-21(9,10)23-14-16(3)26-19(4,5)6/h15-17,23H,11-14,22H2,1-10H3,(H,24,25). The van der Waals surface area contributed by atoms with Crippen LogP contribution in [0.15, 0.2) is 0 Å². The summed E-state index contributed by atoms with van der Waals surface area (Å²) in [5.41, 5.74) is 6.00. The topological polar surface area (TPSA) is 76.4 Å². The van der Waals surface area contributed by atoms with E-state index in [4.69, 9.17) is 10.5 Å². The molecule has 0 aliphatic rings. The fourth-order valence-corrected chi connectivity index (χ4v) is 2.99. The maximum Gasteiger partial charge on any atom is 0.237 e. The van der Waals surface area contributed by atoms with Crippen molar-refractivity contribution in [3.63, 3.8) is 0 Å². The minimum absolute atomic E-state index is 0.0110. The van der Waals surface area contributed by atoms with E-state index in [0.29, 0.717) is 6.42 Å². The highest BCUT2D eigenvalue weighted by Crippen LogP contribution is 2.31. The van der Waals surface area contributed by atoms with Gasteiger partial charge in [0.2, 0.25) is 5.91 Å². The van der Waals surface area contributed by atoms with E-state index in [-0.39, 0.29) is 34.6 Å². The minimum atomic E-state index is -0.455. The molecule has 0 aliphatic heterocycles. The zero-order valence-electron chi connectivity index (χ0n) is 19.0. The SMILES string of the molecule is CC(C)NC(=O)C(N)CC(C)(C)CCC(C)(C)NCC(C)OC(C)(C)C. The number of ether oxygens (including phenoxy) is 1. The molecule has 0 aromatic carbocycles. The molecule has 5 heteroatoms. The Labute approximate surface area is 162 Å². The second kappa shape index (κ2) is 10.0. The van der Waals surface area contributed by atoms with Crippen molar-refractivity contribution in [2.45, 2.75) is 118 Å². The Kier molecular flexibility index (Phi) is 9.80. The van der Waals surface area contributed by atoms with E-state index in [1.54, 1.807) is 0 Å². The lowest BCUT2D eigenvalue weighted by atomic mass is 9.78. The third kappa shape index (κ3) is 12.7. The largest absolute Gasteiger partial charge is 0.372 e. The van der Waals surface area contributed by atoms with Crippen molar-refractivity contribution in [2.75, 3.05) is 6.54 Å². The van der Waals surface area contributed by atoms with Crippen LogP contribution in [0, 0.1) is 5.41 Å². The van der Waals surface area contributed by atoms with Gasteiger partial charge < -0.3 is 21.1 Å². The van der Waals surface area contributed by atoms with Crippen LogP contribution in [0.2, 0.25) is 0 Å². The molecule has 0 bridgehead atoms. The molecule has 0 saturated carbocycles. The zero-order chi connectivity index (χ0) is 20.8. The monoisotopic (exact) mass is 371 g/mol. The van der Waals surface area contributed by atoms with Gasteiger partial charge in [0.15, 0.2) is 0 Å². The van der Waals surface area contributed by atoms with Gasteiger partial charge in [0.05, 0.1) is 17.7 Å². The molecule has 26 heavy (non-hydrogen) atoms. The second-order valence-corrected chi connectivity index (χ2v) is 10.4. The van der Waals surface area contributed by atoms with Crippen molar-refractivity contribution in [3.8, 4) is 0 Å². The van der Waals surface area contributed by atoms with Crippen molar-refractivity contribution in [2.24, 2.45) is 11.1 Å². The van der Waals surface area contributed by atoms with Crippen molar-refractivity contribution >= 4 is 5.91 Å². The van der Waals surface area contributed by atoms with Crippen LogP contribution < -0.4 is 16.4 Å². The molecule has 0 heterocycles. The number of amides is 1. The van der Waals surface area contributed by atoms with Gasteiger partial charge in [-0.25, -0.2) is 0 Å². The smallest absolute Gasteiger partial charge is 0.237 e. The van der Waals surface area contributed by atoms with Gasteiger partial charge in [0.25, 0.3) is 0 Å². The molecule has 1 amide bonds. The van der Waals surface area contributed by atoms with Crippen LogP contribution in [0.4, 0.5) is 0 Å². The van der Waals surface area contributed by atoms with Crippen LogP contribution in [0.1, 0.15) is 88.5 Å². The molecule has 0 fully saturated rings. The normalized spacial score (nSPS) is 15.8. The first kappa shape index (κ1) is 25.4. The highest BCUT2D eigenvalue weighted by molar-refractivity contribution is 5.81. The van der Waals surface area contributed by atoms with Crippen LogP contribution >= 0.6 is 0 Å². The fraction of sp³-hybridized carbons (Fsp3) is 0.952. The lowest BCUT2D eigenvalue weighted by Gasteiger charge is -2.35. The van der Waals surface area contributed by atoms with E-state index in [2.05, 4.69) is 66.0 Å². The summed E-state index contributed by atoms with van der Waals surface area (Å²) in [5, 5.41) is 6.52. The molecule has 0 radical (unpaired) electrons. The van der Waals surface area contributed by atoms with E-state index in [0.717, 1.165) is 19.4 Å². The Bertz CT molecular complexity index is 425. The first-order valence-electron chi connectivity index (χ1n) is 10.0. The van der Waals surface area contributed by atoms with Crippen LogP contribution in [-0.2, 0) is 9.53 Å². The molecule has 0 aromatic heterocycles. The summed E-state index contributed by atoms with van der Waals surface area (Å²) in [6, 6.07) is -0.333. The van der Waals surface area contributed by atoms with Crippen LogP contribution in [-0.4, -0.2) is 41.8 Å². The predicted octanol–water partition coefficient (Wildman–Crippen LogP) is 3.61. The number of nitrogens with one attached hydrogen (secondary N) is 2. The zero-order valence-corrected chi connectivity index (χ0v) is 19.0. The van der Waals surface area contributed by atoms with Gasteiger partial charge in [-0.3, -0.25) is 4.79 Å². The molecule has 4 N–H and O–H groups in total. The molecule has 0 aliphatic carbocycles. The summed E-state index contributed by atoms with van der Waals surface area (Å²) in [6.07, 6.45) is 2.87. The maximum atomic E-state index is 12.1. The molecule has 2 atom stereocenters. The molecule has 2 unspecified atom stereocenters. The predicted molar refractivity (Wildman–Crippen MR) is 111 cm³/mol. The Balaban J connectivity index is 4.43. The first-order chi connectivity index (χ1) is 11.5. The summed E-state index contributed by atoms with van der Waals surface area (Å²) < 4.78 is 5.97. The number of hydrogen-bond acceptors (Lipinski definition) is 4. The van der Waals surface area contributed by atoms with Gasteiger partial charge in [-0.15, -0.1) is 0 Å². The highest BCUT2D eigenvalue weighted by Gasteiger charge is 2.29. The van der Waals surface area contributed by atoms with E-state index < -0.39 is 6.04 Å². The Morgan fingerprint density at radius 3 is 2.00 bits per heavy atom. The minimum Gasteiger partial charge on any atom is -0.372 e. The fourth-order valence-electron chi connectivity index (χ4n) is 2.99. The molecular weight excluding hydrogens is 326 g/mol. The molecule has 0 rings (SSSR count). The molecule has 0 aromatic rings. The summed E-state index contributed by atoms with van der Waals surface area (Å²) in [7, 11) is 0. The van der Waals surface area contributed by atoms with Gasteiger partial charge in [0.1, 0.15) is 0 Å². The van der Waals surface area contributed by atoms with Crippen molar-refractivity contribution in [1.29, 1.82) is 0 Å². The molecule has 156 valence electrons. The van der Waals surface area contributed by atoms with Crippen molar-refractivity contribution in [3.05, 3.63) is 0 Å². The van der Waals surface area contributed by atoms with Gasteiger partial charge in [0, 0.05) is 18.1 Å². The average molecular weight is 372 g/mol. The first-order valence-corrected chi connectivity index (χ1v) is 10.0. The summed E-state index contributed by atoms with van der Waals surface area (Å²) in [6.45, 7) is 21.9. The number of rotatable bonds is 11. The molecule has 0 saturated heterocycles. The van der Waals surface area contributed by atoms with E-state index >= 15 is 0 Å². The molecule has 5 nitrogen and oxygen atoms in total. The number of carbonyl (C=O) groups excluding carboxylic acids is 1. The highest BCUT2D eigenvalue weighted by atomic mass is 16.5. The van der Waals surface area contributed by atoms with E-state index in [1.165, 1.54) is 0 Å². The van der Waals surface area contributed by atoms with Crippen molar-refractivity contribution in [1.82, 2.24) is 10.6 Å². The summed E-state index contributed by atoms with van der Waals surface area (Å²) >= 11 is 0. The quantitative estimate of drug-likeness (QED) is 0.518. The number of carbonyl (C=O) groups is 1. The number of nitrogens with two attached hydrogens (primary N) is 1. The van der Waals surface area contributed by atoms with Gasteiger partial charge in [-0.2, -0.15) is 0 Å². The third-order valence-corrected chi connectivity index (χ3v) is 4.39. The van der Waals surface area contributed by atoms with Gasteiger partial charge in [-0.1, -0.05) is 13.8 Å². The van der Waals surface area contributed by atoms with Crippen LogP contribution in [0.3, 0.4) is 0 Å². The Morgan fingerprint density at radius 1 is 1.00 bits per heavy atom. The van der Waals surface area contributed by atoms with Gasteiger partial charge >= 0.3 is 0 Å². The third-order valence-electron chi connectivity index (χ3n) is 4.39. The average Bonchev–Trinajstić information content (AvgIpc) is 2.40. The van der Waals surface area contributed by atoms with Crippen LogP contribution in [0.25, 0.3) is 0 Å². The number of hydrogen-bond donors (Lipinski definition) is 3. The van der Waals surface area contributed by atoms with Gasteiger partial charge in [-0.05, 0) is 80.1 Å². The van der Waals surface area contributed by atoms with Crippen LogP contribution in [0.5, 0.6) is 0 Å². The Hall–Kier alpha value is -0.650. The van der Waals surface area contributed by atoms with Crippen molar-refractivity contribution < 1.29 is 9.53 Å². The molecular formula is C21H45N3O2. The summed E-state index contributed by atoms with van der Waals surface area (Å²) in [4.78, 5) is 12.1. The summed E-state index contributed by atoms with van der Waals surface area (Å²) in [5.74, 6) is -0.0568. The lowest BCUT2D eigenvalue weighted by molar-refractivity contribution is -0.123. The van der Waals surface area contributed by atoms with E-state index in [9.17, 15) is 4.79 Å². The van der Waals surface area contributed by atoms with E-state index in [1.807, 2.05) is 13.8 Å². The Morgan fingerprint density at radius 2 is 1.54 bits per heavy atom. The lowest BCUT2D eigenvalue weighted by Crippen LogP contribution is -2.47. The molecule has 0 spiro atoms.